The lowest BCUT2D eigenvalue weighted by Crippen LogP contribution is -2.10. The second-order valence-corrected chi connectivity index (χ2v) is 4.67. The summed E-state index contributed by atoms with van der Waals surface area (Å²) in [7, 11) is 3.37. The van der Waals surface area contributed by atoms with E-state index in [9.17, 15) is 5.11 Å². The Morgan fingerprint density at radius 1 is 1.44 bits per heavy atom. The summed E-state index contributed by atoms with van der Waals surface area (Å²) in [4.78, 5) is 0. The molecular formula is C12H14BrN3O2. The zero-order valence-corrected chi connectivity index (χ0v) is 11.8. The molecule has 0 aliphatic rings. The van der Waals surface area contributed by atoms with Crippen LogP contribution in [0.3, 0.4) is 0 Å². The maximum Gasteiger partial charge on any atom is 0.154 e. The highest BCUT2D eigenvalue weighted by atomic mass is 79.9. The smallest absolute Gasteiger partial charge is 0.154 e. The third-order valence-electron chi connectivity index (χ3n) is 2.74. The van der Waals surface area contributed by atoms with E-state index >= 15 is 0 Å². The summed E-state index contributed by atoms with van der Waals surface area (Å²) in [6, 6.07) is 7.61. The lowest BCUT2D eigenvalue weighted by molar-refractivity contribution is 0.174. The molecule has 1 aromatic carbocycles. The molecule has 0 spiro atoms. The van der Waals surface area contributed by atoms with Crippen molar-refractivity contribution in [3.05, 3.63) is 45.7 Å². The minimum atomic E-state index is -0.786. The number of aromatic nitrogens is 3. The van der Waals surface area contributed by atoms with E-state index in [1.54, 1.807) is 18.8 Å². The fraction of sp³-hybridized carbons (Fsp3) is 0.333. The summed E-state index contributed by atoms with van der Waals surface area (Å²) in [5.74, 6) is 0. The van der Waals surface area contributed by atoms with Crippen LogP contribution in [0, 0.1) is 0 Å². The first-order chi connectivity index (χ1) is 8.65. The number of hydrogen-bond acceptors (Lipinski definition) is 4. The van der Waals surface area contributed by atoms with Crippen LogP contribution in [0.5, 0.6) is 0 Å². The van der Waals surface area contributed by atoms with E-state index in [1.807, 2.05) is 24.3 Å². The van der Waals surface area contributed by atoms with Gasteiger partial charge in [0, 0.05) is 14.2 Å². The Bertz CT molecular complexity index is 522. The molecular weight excluding hydrogens is 298 g/mol. The van der Waals surface area contributed by atoms with Gasteiger partial charge in [0.25, 0.3) is 0 Å². The minimum absolute atomic E-state index is 0.454. The first-order valence-corrected chi connectivity index (χ1v) is 6.24. The van der Waals surface area contributed by atoms with Gasteiger partial charge in [0.2, 0.25) is 0 Å². The molecule has 0 amide bonds. The van der Waals surface area contributed by atoms with Gasteiger partial charge in [-0.15, -0.1) is 5.10 Å². The first kappa shape index (κ1) is 13.2. The highest BCUT2D eigenvalue weighted by Gasteiger charge is 2.21. The van der Waals surface area contributed by atoms with Gasteiger partial charge >= 0.3 is 0 Å². The van der Waals surface area contributed by atoms with Gasteiger partial charge in [-0.25, -0.2) is 4.68 Å². The van der Waals surface area contributed by atoms with Crippen molar-refractivity contribution in [3.8, 4) is 0 Å². The number of aliphatic hydroxyl groups is 1. The van der Waals surface area contributed by atoms with Crippen molar-refractivity contribution < 1.29 is 9.84 Å². The molecule has 0 aliphatic heterocycles. The van der Waals surface area contributed by atoms with Crippen LogP contribution in [0.2, 0.25) is 0 Å². The van der Waals surface area contributed by atoms with Crippen molar-refractivity contribution in [2.45, 2.75) is 12.7 Å². The molecule has 6 heteroatoms. The zero-order valence-electron chi connectivity index (χ0n) is 10.2. The summed E-state index contributed by atoms with van der Waals surface area (Å²) in [6.07, 6.45) is -0.786. The number of benzene rings is 1. The molecule has 2 aromatic rings. The zero-order chi connectivity index (χ0) is 13.1. The molecule has 0 fully saturated rings. The van der Waals surface area contributed by atoms with Crippen LogP contribution in [-0.2, 0) is 18.4 Å². The molecule has 1 heterocycles. The predicted octanol–water partition coefficient (Wildman–Crippen LogP) is 1.81. The van der Waals surface area contributed by atoms with Gasteiger partial charge in [-0.3, -0.25) is 0 Å². The Morgan fingerprint density at radius 3 is 2.78 bits per heavy atom. The van der Waals surface area contributed by atoms with Gasteiger partial charge in [0.05, 0.1) is 6.61 Å². The molecule has 1 atom stereocenters. The van der Waals surface area contributed by atoms with Gasteiger partial charge < -0.3 is 9.84 Å². The summed E-state index contributed by atoms with van der Waals surface area (Å²) in [5.41, 5.74) is 2.37. The number of halogens is 1. The van der Waals surface area contributed by atoms with Crippen LogP contribution in [0.15, 0.2) is 28.9 Å². The topological polar surface area (TPSA) is 60.2 Å². The fourth-order valence-corrected chi connectivity index (χ4v) is 2.41. The van der Waals surface area contributed by atoms with E-state index in [-0.39, 0.29) is 0 Å². The normalized spacial score (nSPS) is 12.7. The Morgan fingerprint density at radius 2 is 2.17 bits per heavy atom. The van der Waals surface area contributed by atoms with Gasteiger partial charge in [0.1, 0.15) is 11.8 Å². The number of hydrogen-bond donors (Lipinski definition) is 1. The Balaban J connectivity index is 2.43. The van der Waals surface area contributed by atoms with Crippen LogP contribution < -0.4 is 0 Å². The minimum Gasteiger partial charge on any atom is -0.382 e. The average Bonchev–Trinajstić information content (AvgIpc) is 2.69. The predicted molar refractivity (Wildman–Crippen MR) is 69.9 cm³/mol. The van der Waals surface area contributed by atoms with Gasteiger partial charge in [0.15, 0.2) is 4.60 Å². The molecule has 96 valence electrons. The molecule has 0 saturated carbocycles. The monoisotopic (exact) mass is 311 g/mol. The van der Waals surface area contributed by atoms with Crippen molar-refractivity contribution in [2.75, 3.05) is 7.11 Å². The summed E-state index contributed by atoms with van der Waals surface area (Å²) >= 11 is 3.29. The van der Waals surface area contributed by atoms with Crippen molar-refractivity contribution in [3.63, 3.8) is 0 Å². The molecule has 0 saturated heterocycles. The summed E-state index contributed by atoms with van der Waals surface area (Å²) < 4.78 is 7.24. The van der Waals surface area contributed by atoms with Crippen molar-refractivity contribution in [1.29, 1.82) is 0 Å². The van der Waals surface area contributed by atoms with Crippen LogP contribution in [-0.4, -0.2) is 27.2 Å². The molecule has 5 nitrogen and oxygen atoms in total. The highest BCUT2D eigenvalue weighted by Crippen LogP contribution is 2.28. The number of ether oxygens (including phenoxy) is 1. The second-order valence-electron chi connectivity index (χ2n) is 3.92. The Kier molecular flexibility index (Phi) is 4.11. The number of nitrogens with zero attached hydrogens (tertiary/aromatic N) is 3. The van der Waals surface area contributed by atoms with E-state index in [0.29, 0.717) is 16.9 Å². The van der Waals surface area contributed by atoms with Gasteiger partial charge in [-0.1, -0.05) is 29.5 Å². The van der Waals surface area contributed by atoms with E-state index in [2.05, 4.69) is 26.2 Å². The van der Waals surface area contributed by atoms with E-state index < -0.39 is 6.10 Å². The second kappa shape index (κ2) is 5.60. The summed E-state index contributed by atoms with van der Waals surface area (Å²) in [5, 5.41) is 18.2. The standard InChI is InChI=1S/C12H14BrN3O2/c1-16-10(12(13)14-15-16)11(17)9-6-4-3-5-8(9)7-18-2/h3-6,11,17H,7H2,1-2H3. The van der Waals surface area contributed by atoms with E-state index in [4.69, 9.17) is 4.74 Å². The van der Waals surface area contributed by atoms with E-state index in [1.165, 1.54) is 0 Å². The van der Waals surface area contributed by atoms with Crippen LogP contribution >= 0.6 is 15.9 Å². The van der Waals surface area contributed by atoms with Crippen molar-refractivity contribution in [2.24, 2.45) is 7.05 Å². The Labute approximate surface area is 114 Å². The summed E-state index contributed by atoms with van der Waals surface area (Å²) in [6.45, 7) is 0.454. The molecule has 0 bridgehead atoms. The number of methoxy groups -OCH3 is 1. The third-order valence-corrected chi connectivity index (χ3v) is 3.30. The van der Waals surface area contributed by atoms with E-state index in [0.717, 1.165) is 11.1 Å². The molecule has 1 aromatic heterocycles. The van der Waals surface area contributed by atoms with Crippen LogP contribution in [0.25, 0.3) is 0 Å². The number of rotatable bonds is 4. The first-order valence-electron chi connectivity index (χ1n) is 5.45. The molecule has 0 aliphatic carbocycles. The largest absolute Gasteiger partial charge is 0.382 e. The lowest BCUT2D eigenvalue weighted by Gasteiger charge is -2.15. The third kappa shape index (κ3) is 2.45. The number of aliphatic hydroxyl groups excluding tert-OH is 1. The lowest BCUT2D eigenvalue weighted by atomic mass is 10.0. The molecule has 0 radical (unpaired) electrons. The maximum absolute atomic E-state index is 10.5. The van der Waals surface area contributed by atoms with Crippen molar-refractivity contribution in [1.82, 2.24) is 15.0 Å². The highest BCUT2D eigenvalue weighted by molar-refractivity contribution is 9.10. The fourth-order valence-electron chi connectivity index (χ4n) is 1.86. The van der Waals surface area contributed by atoms with Gasteiger partial charge in [-0.05, 0) is 27.1 Å². The Hall–Kier alpha value is -1.24. The van der Waals surface area contributed by atoms with Crippen molar-refractivity contribution >= 4 is 15.9 Å². The van der Waals surface area contributed by atoms with Crippen LogP contribution in [0.1, 0.15) is 22.9 Å². The molecule has 2 rings (SSSR count). The molecule has 18 heavy (non-hydrogen) atoms. The number of aryl methyl sites for hydroxylation is 1. The van der Waals surface area contributed by atoms with Crippen LogP contribution in [0.4, 0.5) is 0 Å². The average molecular weight is 312 g/mol. The molecule has 1 unspecified atom stereocenters. The SMILES string of the molecule is COCc1ccccc1C(O)c1c(Br)nnn1C. The quantitative estimate of drug-likeness (QED) is 0.935. The maximum atomic E-state index is 10.5. The van der Waals surface area contributed by atoms with Gasteiger partial charge in [-0.2, -0.15) is 0 Å². The molecule has 1 N–H and O–H groups in total.